The number of nitrogens with two attached hydrogens (primary N) is 1. The highest BCUT2D eigenvalue weighted by Gasteiger charge is 2.11. The third kappa shape index (κ3) is 2.24. The molecule has 3 rings (SSSR count). The standard InChI is InChI=1S/C13H12BrN5/c14-13-11(6-7-15)17-12-5-4-10(18-19(12)13)9-3-1-2-8-16-9/h1-5,8H,6-7,15H2. The van der Waals surface area contributed by atoms with Gasteiger partial charge in [-0.25, -0.2) is 9.50 Å². The van der Waals surface area contributed by atoms with Crippen LogP contribution < -0.4 is 5.73 Å². The number of fused-ring (bicyclic) bond motifs is 1. The molecule has 0 spiro atoms. The van der Waals surface area contributed by atoms with E-state index in [4.69, 9.17) is 5.73 Å². The Kier molecular flexibility index (Phi) is 3.27. The van der Waals surface area contributed by atoms with E-state index < -0.39 is 0 Å². The number of rotatable bonds is 3. The summed E-state index contributed by atoms with van der Waals surface area (Å²) < 4.78 is 2.63. The highest BCUT2D eigenvalue weighted by Crippen LogP contribution is 2.21. The molecule has 2 N–H and O–H groups in total. The number of halogens is 1. The smallest absolute Gasteiger partial charge is 0.155 e. The average Bonchev–Trinajstić information content (AvgIpc) is 2.77. The highest BCUT2D eigenvalue weighted by atomic mass is 79.9. The molecule has 96 valence electrons. The summed E-state index contributed by atoms with van der Waals surface area (Å²) in [4.78, 5) is 8.79. The van der Waals surface area contributed by atoms with Crippen molar-refractivity contribution in [3.63, 3.8) is 0 Å². The summed E-state index contributed by atoms with van der Waals surface area (Å²) in [7, 11) is 0. The Hall–Kier alpha value is -1.79. The lowest BCUT2D eigenvalue weighted by molar-refractivity contribution is 0.892. The summed E-state index contributed by atoms with van der Waals surface area (Å²) in [6.45, 7) is 0.565. The molecule has 0 saturated heterocycles. The third-order valence-corrected chi connectivity index (χ3v) is 3.59. The predicted molar refractivity (Wildman–Crippen MR) is 76.7 cm³/mol. The van der Waals surface area contributed by atoms with Gasteiger partial charge in [0.05, 0.1) is 11.4 Å². The van der Waals surface area contributed by atoms with E-state index in [1.54, 1.807) is 10.7 Å². The van der Waals surface area contributed by atoms with Crippen LogP contribution >= 0.6 is 15.9 Å². The minimum atomic E-state index is 0.565. The Morgan fingerprint density at radius 3 is 2.79 bits per heavy atom. The fourth-order valence-electron chi connectivity index (χ4n) is 1.90. The van der Waals surface area contributed by atoms with Crippen LogP contribution in [0.3, 0.4) is 0 Å². The van der Waals surface area contributed by atoms with Crippen molar-refractivity contribution in [2.24, 2.45) is 5.73 Å². The maximum absolute atomic E-state index is 5.57. The Morgan fingerprint density at radius 1 is 1.16 bits per heavy atom. The molecule has 0 aliphatic heterocycles. The molecule has 0 saturated carbocycles. The van der Waals surface area contributed by atoms with Gasteiger partial charge in [-0.3, -0.25) is 4.98 Å². The van der Waals surface area contributed by atoms with Gasteiger partial charge in [0.25, 0.3) is 0 Å². The highest BCUT2D eigenvalue weighted by molar-refractivity contribution is 9.10. The molecule has 3 heterocycles. The van der Waals surface area contributed by atoms with Gasteiger partial charge in [-0.05, 0) is 46.7 Å². The topological polar surface area (TPSA) is 69.1 Å². The molecule has 0 fully saturated rings. The molecule has 19 heavy (non-hydrogen) atoms. The maximum Gasteiger partial charge on any atom is 0.155 e. The van der Waals surface area contributed by atoms with Crippen molar-refractivity contribution in [3.05, 3.63) is 46.8 Å². The van der Waals surface area contributed by atoms with E-state index in [-0.39, 0.29) is 0 Å². The summed E-state index contributed by atoms with van der Waals surface area (Å²) in [5.74, 6) is 0. The Morgan fingerprint density at radius 2 is 2.05 bits per heavy atom. The van der Waals surface area contributed by atoms with Crippen LogP contribution in [0.1, 0.15) is 5.69 Å². The molecule has 0 aromatic carbocycles. The number of nitrogens with zero attached hydrogens (tertiary/aromatic N) is 4. The minimum absolute atomic E-state index is 0.565. The van der Waals surface area contributed by atoms with Crippen LogP contribution in [0.4, 0.5) is 0 Å². The van der Waals surface area contributed by atoms with Crippen LogP contribution in [0.15, 0.2) is 41.1 Å². The van der Waals surface area contributed by atoms with Gasteiger partial charge >= 0.3 is 0 Å². The first kappa shape index (κ1) is 12.3. The zero-order chi connectivity index (χ0) is 13.2. The zero-order valence-electron chi connectivity index (χ0n) is 10.1. The molecule has 0 amide bonds. The number of imidazole rings is 1. The van der Waals surface area contributed by atoms with Gasteiger partial charge in [-0.15, -0.1) is 0 Å². The monoisotopic (exact) mass is 317 g/mol. The molecule has 0 aliphatic carbocycles. The average molecular weight is 318 g/mol. The van der Waals surface area contributed by atoms with Crippen LogP contribution in [-0.2, 0) is 6.42 Å². The summed E-state index contributed by atoms with van der Waals surface area (Å²) in [6.07, 6.45) is 2.48. The number of hydrogen-bond acceptors (Lipinski definition) is 4. The van der Waals surface area contributed by atoms with E-state index in [0.29, 0.717) is 6.54 Å². The first-order valence-electron chi connectivity index (χ1n) is 5.95. The van der Waals surface area contributed by atoms with Crippen LogP contribution in [0.2, 0.25) is 0 Å². The SMILES string of the molecule is NCCc1nc2ccc(-c3ccccn3)nn2c1Br. The summed E-state index contributed by atoms with van der Waals surface area (Å²) >= 11 is 3.52. The maximum atomic E-state index is 5.57. The van der Waals surface area contributed by atoms with Crippen LogP contribution in [0.25, 0.3) is 17.0 Å². The van der Waals surface area contributed by atoms with Gasteiger partial charge < -0.3 is 5.73 Å². The van der Waals surface area contributed by atoms with Crippen LogP contribution in [0.5, 0.6) is 0 Å². The van der Waals surface area contributed by atoms with Crippen molar-refractivity contribution < 1.29 is 0 Å². The van der Waals surface area contributed by atoms with Crippen molar-refractivity contribution in [1.29, 1.82) is 0 Å². The van der Waals surface area contributed by atoms with Gasteiger partial charge in [0.1, 0.15) is 10.3 Å². The molecular formula is C13H12BrN5. The van der Waals surface area contributed by atoms with Gasteiger partial charge in [0, 0.05) is 12.6 Å². The van der Waals surface area contributed by atoms with E-state index in [2.05, 4.69) is 31.0 Å². The van der Waals surface area contributed by atoms with Crippen LogP contribution in [-0.4, -0.2) is 26.1 Å². The van der Waals surface area contributed by atoms with Gasteiger partial charge in [-0.1, -0.05) is 6.07 Å². The molecule has 0 atom stereocenters. The van der Waals surface area contributed by atoms with Gasteiger partial charge in [0.15, 0.2) is 5.65 Å². The van der Waals surface area contributed by atoms with Crippen molar-refractivity contribution >= 4 is 21.6 Å². The predicted octanol–water partition coefficient (Wildman–Crippen LogP) is 2.05. The lowest BCUT2D eigenvalue weighted by Gasteiger charge is -2.00. The first-order valence-corrected chi connectivity index (χ1v) is 6.74. The Bertz CT molecular complexity index is 708. The quantitative estimate of drug-likeness (QED) is 0.802. The fraction of sp³-hybridized carbons (Fsp3) is 0.154. The molecular weight excluding hydrogens is 306 g/mol. The Balaban J connectivity index is 2.13. The van der Waals surface area contributed by atoms with Gasteiger partial charge in [0.2, 0.25) is 0 Å². The third-order valence-electron chi connectivity index (χ3n) is 2.80. The zero-order valence-corrected chi connectivity index (χ0v) is 11.7. The van der Waals surface area contributed by atoms with E-state index in [9.17, 15) is 0 Å². The Labute approximate surface area is 118 Å². The molecule has 6 heteroatoms. The van der Waals surface area contributed by atoms with Crippen molar-refractivity contribution in [2.45, 2.75) is 6.42 Å². The van der Waals surface area contributed by atoms with Crippen molar-refractivity contribution in [2.75, 3.05) is 6.54 Å². The van der Waals surface area contributed by atoms with Crippen molar-refractivity contribution in [1.82, 2.24) is 19.6 Å². The summed E-state index contributed by atoms with van der Waals surface area (Å²) in [6, 6.07) is 9.61. The lowest BCUT2D eigenvalue weighted by atomic mass is 10.2. The number of aromatic nitrogens is 4. The second-order valence-corrected chi connectivity index (χ2v) is 4.84. The summed E-state index contributed by atoms with van der Waals surface area (Å²) in [5, 5.41) is 4.55. The van der Waals surface area contributed by atoms with E-state index in [1.165, 1.54) is 0 Å². The van der Waals surface area contributed by atoms with E-state index >= 15 is 0 Å². The second kappa shape index (κ2) is 5.07. The normalized spacial score (nSPS) is 11.1. The first-order chi connectivity index (χ1) is 9.29. The number of hydrogen-bond donors (Lipinski definition) is 1. The van der Waals surface area contributed by atoms with Gasteiger partial charge in [-0.2, -0.15) is 5.10 Å². The van der Waals surface area contributed by atoms with Crippen LogP contribution in [0, 0.1) is 0 Å². The minimum Gasteiger partial charge on any atom is -0.330 e. The summed E-state index contributed by atoms with van der Waals surface area (Å²) in [5.41, 5.74) is 8.95. The molecule has 0 aliphatic rings. The molecule has 0 unspecified atom stereocenters. The van der Waals surface area contributed by atoms with E-state index in [1.807, 2.05) is 30.3 Å². The molecule has 3 aromatic heterocycles. The molecule has 0 radical (unpaired) electrons. The van der Waals surface area contributed by atoms with E-state index in [0.717, 1.165) is 33.8 Å². The second-order valence-electron chi connectivity index (χ2n) is 4.09. The fourth-order valence-corrected chi connectivity index (χ4v) is 2.45. The lowest BCUT2D eigenvalue weighted by Crippen LogP contribution is -2.03. The largest absolute Gasteiger partial charge is 0.330 e. The molecule has 3 aromatic rings. The molecule has 5 nitrogen and oxygen atoms in total. The molecule has 0 bridgehead atoms. The van der Waals surface area contributed by atoms with Crippen molar-refractivity contribution in [3.8, 4) is 11.4 Å². The number of pyridine rings is 1.